The first-order chi connectivity index (χ1) is 6.72. The third-order valence-corrected chi connectivity index (χ3v) is 1.96. The molecule has 5 nitrogen and oxygen atoms in total. The summed E-state index contributed by atoms with van der Waals surface area (Å²) in [7, 11) is 0. The van der Waals surface area contributed by atoms with Gasteiger partial charge >= 0.3 is 0 Å². The van der Waals surface area contributed by atoms with Crippen LogP contribution < -0.4 is 5.32 Å². The molecule has 1 rings (SSSR count). The molecule has 1 aromatic heterocycles. The number of aryl methyl sites for hydroxylation is 1. The molecule has 0 bridgehead atoms. The van der Waals surface area contributed by atoms with Gasteiger partial charge in [-0.1, -0.05) is 0 Å². The Morgan fingerprint density at radius 1 is 1.50 bits per heavy atom. The van der Waals surface area contributed by atoms with Crippen LogP contribution in [0.25, 0.3) is 0 Å². The number of hydrogen-bond donors (Lipinski definition) is 2. The van der Waals surface area contributed by atoms with E-state index in [1.165, 1.54) is 0 Å². The van der Waals surface area contributed by atoms with E-state index in [-0.39, 0.29) is 6.61 Å². The minimum Gasteiger partial charge on any atom is -0.424 e. The Labute approximate surface area is 83.5 Å². The second-order valence-electron chi connectivity index (χ2n) is 3.36. The highest BCUT2D eigenvalue weighted by Crippen LogP contribution is 2.00. The number of rotatable bonds is 6. The zero-order valence-corrected chi connectivity index (χ0v) is 8.66. The van der Waals surface area contributed by atoms with E-state index in [4.69, 9.17) is 9.52 Å². The molecule has 0 fully saturated rings. The lowest BCUT2D eigenvalue weighted by molar-refractivity contribution is 0.275. The van der Waals surface area contributed by atoms with Gasteiger partial charge in [0, 0.05) is 19.6 Å². The lowest BCUT2D eigenvalue weighted by Crippen LogP contribution is -2.25. The Bertz CT molecular complexity index is 262. The van der Waals surface area contributed by atoms with Crippen LogP contribution in [0, 0.1) is 6.92 Å². The first-order valence-corrected chi connectivity index (χ1v) is 4.85. The van der Waals surface area contributed by atoms with Crippen molar-refractivity contribution in [2.75, 3.05) is 6.61 Å². The van der Waals surface area contributed by atoms with Crippen LogP contribution in [-0.4, -0.2) is 28.0 Å². The summed E-state index contributed by atoms with van der Waals surface area (Å²) in [5.74, 6) is 1.20. The first kappa shape index (κ1) is 11.1. The summed E-state index contributed by atoms with van der Waals surface area (Å²) in [4.78, 5) is 0. The summed E-state index contributed by atoms with van der Waals surface area (Å²) in [5.41, 5.74) is 0. The van der Waals surface area contributed by atoms with E-state index in [1.807, 2.05) is 0 Å². The lowest BCUT2D eigenvalue weighted by atomic mass is 10.2. The van der Waals surface area contributed by atoms with Crippen molar-refractivity contribution in [2.24, 2.45) is 0 Å². The summed E-state index contributed by atoms with van der Waals surface area (Å²) in [6, 6.07) is 0.356. The molecule has 1 unspecified atom stereocenters. The van der Waals surface area contributed by atoms with E-state index in [0.29, 0.717) is 24.4 Å². The second-order valence-corrected chi connectivity index (χ2v) is 3.36. The molecule has 0 aliphatic rings. The number of hydrogen-bond acceptors (Lipinski definition) is 5. The summed E-state index contributed by atoms with van der Waals surface area (Å²) in [5, 5.41) is 19.5. The molecule has 1 aromatic rings. The highest BCUT2D eigenvalue weighted by molar-refractivity contribution is 4.78. The molecule has 14 heavy (non-hydrogen) atoms. The smallest absolute Gasteiger partial charge is 0.230 e. The van der Waals surface area contributed by atoms with Gasteiger partial charge in [-0.15, -0.1) is 10.2 Å². The third-order valence-electron chi connectivity index (χ3n) is 1.96. The monoisotopic (exact) mass is 199 g/mol. The standard InChI is InChI=1S/C9H17N3O2/c1-7(4-3-5-13)10-6-9-12-11-8(2)14-9/h7,10,13H,3-6H2,1-2H3. The van der Waals surface area contributed by atoms with Gasteiger partial charge < -0.3 is 14.8 Å². The van der Waals surface area contributed by atoms with E-state index in [9.17, 15) is 0 Å². The molecule has 0 saturated carbocycles. The van der Waals surface area contributed by atoms with E-state index in [1.54, 1.807) is 6.92 Å². The van der Waals surface area contributed by atoms with E-state index < -0.39 is 0 Å². The van der Waals surface area contributed by atoms with Gasteiger partial charge in [-0.25, -0.2) is 0 Å². The van der Waals surface area contributed by atoms with Crippen molar-refractivity contribution in [3.63, 3.8) is 0 Å². The van der Waals surface area contributed by atoms with Crippen molar-refractivity contribution in [3.8, 4) is 0 Å². The van der Waals surface area contributed by atoms with Gasteiger partial charge in [0.15, 0.2) is 0 Å². The highest BCUT2D eigenvalue weighted by Gasteiger charge is 2.04. The molecule has 80 valence electrons. The zero-order valence-electron chi connectivity index (χ0n) is 8.66. The van der Waals surface area contributed by atoms with Gasteiger partial charge in [0.2, 0.25) is 11.8 Å². The molecule has 0 radical (unpaired) electrons. The maximum Gasteiger partial charge on any atom is 0.230 e. The maximum absolute atomic E-state index is 8.64. The molecule has 0 spiro atoms. The summed E-state index contributed by atoms with van der Waals surface area (Å²) >= 11 is 0. The lowest BCUT2D eigenvalue weighted by Gasteiger charge is -2.10. The fourth-order valence-electron chi connectivity index (χ4n) is 1.17. The largest absolute Gasteiger partial charge is 0.424 e. The Kier molecular flexibility index (Phi) is 4.55. The normalized spacial score (nSPS) is 13.1. The fraction of sp³-hybridized carbons (Fsp3) is 0.778. The van der Waals surface area contributed by atoms with Crippen molar-refractivity contribution < 1.29 is 9.52 Å². The molecule has 0 amide bonds. The minimum absolute atomic E-state index is 0.242. The predicted octanol–water partition coefficient (Wildman–Crippen LogP) is 0.629. The van der Waals surface area contributed by atoms with Crippen LogP contribution in [0.15, 0.2) is 4.42 Å². The van der Waals surface area contributed by atoms with E-state index in [2.05, 4.69) is 22.4 Å². The number of aromatic nitrogens is 2. The number of nitrogens with zero attached hydrogens (tertiary/aromatic N) is 2. The van der Waals surface area contributed by atoms with Crippen LogP contribution in [-0.2, 0) is 6.54 Å². The highest BCUT2D eigenvalue weighted by atomic mass is 16.4. The summed E-state index contributed by atoms with van der Waals surface area (Å²) in [6.07, 6.45) is 1.76. The number of nitrogens with one attached hydrogen (secondary N) is 1. The summed E-state index contributed by atoms with van der Waals surface area (Å²) in [6.45, 7) is 4.67. The molecule has 1 heterocycles. The van der Waals surface area contributed by atoms with Gasteiger partial charge in [0.1, 0.15) is 0 Å². The molecule has 0 aliphatic carbocycles. The Hall–Kier alpha value is -0.940. The van der Waals surface area contributed by atoms with Crippen LogP contribution >= 0.6 is 0 Å². The topological polar surface area (TPSA) is 71.2 Å². The average molecular weight is 199 g/mol. The van der Waals surface area contributed by atoms with Gasteiger partial charge in [-0.3, -0.25) is 0 Å². The van der Waals surface area contributed by atoms with Crippen LogP contribution in [0.4, 0.5) is 0 Å². The number of aliphatic hydroxyl groups excluding tert-OH is 1. The van der Waals surface area contributed by atoms with Gasteiger partial charge in [0.25, 0.3) is 0 Å². The SMILES string of the molecule is Cc1nnc(CNC(C)CCCO)o1. The predicted molar refractivity (Wildman–Crippen MR) is 51.7 cm³/mol. The quantitative estimate of drug-likeness (QED) is 0.703. The molecule has 5 heteroatoms. The molecule has 0 aromatic carbocycles. The minimum atomic E-state index is 0.242. The Balaban J connectivity index is 2.20. The Morgan fingerprint density at radius 3 is 2.86 bits per heavy atom. The van der Waals surface area contributed by atoms with Gasteiger partial charge in [-0.05, 0) is 19.8 Å². The fourth-order valence-corrected chi connectivity index (χ4v) is 1.17. The summed E-state index contributed by atoms with van der Waals surface area (Å²) < 4.78 is 5.20. The van der Waals surface area contributed by atoms with Crippen LogP contribution in [0.1, 0.15) is 31.5 Å². The van der Waals surface area contributed by atoms with Crippen molar-refractivity contribution >= 4 is 0 Å². The van der Waals surface area contributed by atoms with Gasteiger partial charge in [0.05, 0.1) is 6.54 Å². The van der Waals surface area contributed by atoms with E-state index in [0.717, 1.165) is 12.8 Å². The van der Waals surface area contributed by atoms with Crippen LogP contribution in [0.3, 0.4) is 0 Å². The first-order valence-electron chi connectivity index (χ1n) is 4.85. The molecule has 0 aliphatic heterocycles. The molecular weight excluding hydrogens is 182 g/mol. The molecule has 1 atom stereocenters. The number of aliphatic hydroxyl groups is 1. The zero-order chi connectivity index (χ0) is 10.4. The van der Waals surface area contributed by atoms with Crippen molar-refractivity contribution in [2.45, 2.75) is 39.3 Å². The molecular formula is C9H17N3O2. The van der Waals surface area contributed by atoms with Gasteiger partial charge in [-0.2, -0.15) is 0 Å². The molecule has 2 N–H and O–H groups in total. The van der Waals surface area contributed by atoms with Crippen molar-refractivity contribution in [1.29, 1.82) is 0 Å². The van der Waals surface area contributed by atoms with E-state index >= 15 is 0 Å². The Morgan fingerprint density at radius 2 is 2.29 bits per heavy atom. The second kappa shape index (κ2) is 5.72. The van der Waals surface area contributed by atoms with Crippen molar-refractivity contribution in [1.82, 2.24) is 15.5 Å². The van der Waals surface area contributed by atoms with Crippen LogP contribution in [0.2, 0.25) is 0 Å². The van der Waals surface area contributed by atoms with Crippen molar-refractivity contribution in [3.05, 3.63) is 11.8 Å². The average Bonchev–Trinajstić information content (AvgIpc) is 2.58. The molecule has 0 saturated heterocycles. The maximum atomic E-state index is 8.64. The third kappa shape index (κ3) is 3.85. The van der Waals surface area contributed by atoms with Crippen LogP contribution in [0.5, 0.6) is 0 Å².